The zero-order valence-corrected chi connectivity index (χ0v) is 17.5. The first-order chi connectivity index (χ1) is 14.6. The molecule has 1 saturated heterocycles. The summed E-state index contributed by atoms with van der Waals surface area (Å²) in [7, 11) is 1.59. The summed E-state index contributed by atoms with van der Waals surface area (Å²) in [6, 6.07) is 10.5. The Balaban J connectivity index is 1.84. The number of amides is 2. The van der Waals surface area contributed by atoms with Gasteiger partial charge in [-0.1, -0.05) is 31.5 Å². The van der Waals surface area contributed by atoms with Crippen LogP contribution in [0.15, 0.2) is 47.1 Å². The van der Waals surface area contributed by atoms with Crippen LogP contribution in [-0.4, -0.2) is 42.0 Å². The fraction of sp³-hybridized carbons (Fsp3) is 0.478. The molecule has 0 aliphatic carbocycles. The number of benzene rings is 1. The predicted octanol–water partition coefficient (Wildman–Crippen LogP) is 3.22. The Kier molecular flexibility index (Phi) is 7.52. The monoisotopic (exact) mass is 414 g/mol. The molecule has 3 unspecified atom stereocenters. The van der Waals surface area contributed by atoms with Gasteiger partial charge in [-0.3, -0.25) is 9.59 Å². The summed E-state index contributed by atoms with van der Waals surface area (Å²) in [5, 5.41) is 13.1. The van der Waals surface area contributed by atoms with Crippen LogP contribution in [0.5, 0.6) is 5.75 Å². The third-order valence-corrected chi connectivity index (χ3v) is 5.59. The number of carbonyl (C=O) groups is 2. The third kappa shape index (κ3) is 4.84. The molecular weight excluding hydrogens is 384 g/mol. The van der Waals surface area contributed by atoms with Crippen molar-refractivity contribution in [2.24, 2.45) is 5.92 Å². The highest BCUT2D eigenvalue weighted by molar-refractivity contribution is 5.85. The van der Waals surface area contributed by atoms with Crippen LogP contribution < -0.4 is 10.1 Å². The second-order valence-corrected chi connectivity index (χ2v) is 7.55. The quantitative estimate of drug-likeness (QED) is 0.657. The van der Waals surface area contributed by atoms with E-state index in [0.29, 0.717) is 30.9 Å². The summed E-state index contributed by atoms with van der Waals surface area (Å²) in [6.45, 7) is 2.72. The van der Waals surface area contributed by atoms with Gasteiger partial charge in [-0.2, -0.15) is 0 Å². The van der Waals surface area contributed by atoms with Crippen LogP contribution in [0.2, 0.25) is 0 Å². The van der Waals surface area contributed by atoms with Gasteiger partial charge < -0.3 is 24.5 Å². The Morgan fingerprint density at radius 2 is 2.13 bits per heavy atom. The molecule has 7 heteroatoms. The number of aliphatic hydroxyl groups is 1. The zero-order valence-electron chi connectivity index (χ0n) is 17.5. The van der Waals surface area contributed by atoms with Gasteiger partial charge in [-0.05, 0) is 31.0 Å². The predicted molar refractivity (Wildman–Crippen MR) is 112 cm³/mol. The molecule has 0 saturated carbocycles. The average Bonchev–Trinajstić information content (AvgIpc) is 3.31. The molecule has 3 rings (SSSR count). The summed E-state index contributed by atoms with van der Waals surface area (Å²) in [4.78, 5) is 27.7. The molecule has 2 amide bonds. The summed E-state index contributed by atoms with van der Waals surface area (Å²) in [5.41, 5.74) is 0.830. The topological polar surface area (TPSA) is 92.0 Å². The number of rotatable bonds is 9. The SMILES string of the molecule is CCCCN1C(=O)CCC(C(=O)NCC(O)c2ccco2)C1c1ccccc1OC. The first-order valence-electron chi connectivity index (χ1n) is 10.5. The molecule has 2 N–H and O–H groups in total. The van der Waals surface area contributed by atoms with Gasteiger partial charge in [-0.15, -0.1) is 0 Å². The lowest BCUT2D eigenvalue weighted by atomic mass is 9.83. The Morgan fingerprint density at radius 1 is 1.33 bits per heavy atom. The number of nitrogens with zero attached hydrogens (tertiary/aromatic N) is 1. The fourth-order valence-corrected chi connectivity index (χ4v) is 4.02. The molecule has 2 aromatic rings. The normalized spacial score (nSPS) is 20.1. The Labute approximate surface area is 177 Å². The standard InChI is InChI=1S/C23H30N2O5/c1-3-4-13-25-21(27)12-11-17(22(25)16-8-5-6-9-19(16)29-2)23(28)24-15-18(26)20-10-7-14-30-20/h5-10,14,17-18,22,26H,3-4,11-13,15H2,1-2H3,(H,24,28). The minimum Gasteiger partial charge on any atom is -0.496 e. The number of hydrogen-bond donors (Lipinski definition) is 2. The van der Waals surface area contributed by atoms with Crippen LogP contribution in [0.3, 0.4) is 0 Å². The van der Waals surface area contributed by atoms with Crippen molar-refractivity contribution in [2.45, 2.75) is 44.8 Å². The number of piperidine rings is 1. The lowest BCUT2D eigenvalue weighted by Crippen LogP contribution is -2.48. The number of furan rings is 1. The molecule has 3 atom stereocenters. The van der Waals surface area contributed by atoms with E-state index in [-0.39, 0.29) is 18.4 Å². The van der Waals surface area contributed by atoms with E-state index in [4.69, 9.17) is 9.15 Å². The van der Waals surface area contributed by atoms with E-state index in [1.165, 1.54) is 6.26 Å². The van der Waals surface area contributed by atoms with Crippen molar-refractivity contribution < 1.29 is 23.8 Å². The molecule has 30 heavy (non-hydrogen) atoms. The van der Waals surface area contributed by atoms with Gasteiger partial charge in [-0.25, -0.2) is 0 Å². The number of hydrogen-bond acceptors (Lipinski definition) is 5. The molecule has 0 spiro atoms. The van der Waals surface area contributed by atoms with Crippen LogP contribution in [0.4, 0.5) is 0 Å². The van der Waals surface area contributed by atoms with Gasteiger partial charge in [0.1, 0.15) is 17.6 Å². The third-order valence-electron chi connectivity index (χ3n) is 5.59. The van der Waals surface area contributed by atoms with Crippen molar-refractivity contribution in [1.82, 2.24) is 10.2 Å². The van der Waals surface area contributed by atoms with E-state index in [9.17, 15) is 14.7 Å². The van der Waals surface area contributed by atoms with Gasteiger partial charge in [0.05, 0.1) is 31.9 Å². The molecule has 0 bridgehead atoms. The van der Waals surface area contributed by atoms with Crippen molar-refractivity contribution in [1.29, 1.82) is 0 Å². The highest BCUT2D eigenvalue weighted by Gasteiger charge is 2.41. The Morgan fingerprint density at radius 3 is 2.83 bits per heavy atom. The van der Waals surface area contributed by atoms with Gasteiger partial charge >= 0.3 is 0 Å². The maximum absolute atomic E-state index is 13.1. The number of carbonyl (C=O) groups excluding carboxylic acids is 2. The summed E-state index contributed by atoms with van der Waals surface area (Å²) >= 11 is 0. The van der Waals surface area contributed by atoms with E-state index >= 15 is 0 Å². The molecular formula is C23H30N2O5. The van der Waals surface area contributed by atoms with Crippen LogP contribution in [0, 0.1) is 5.92 Å². The van der Waals surface area contributed by atoms with E-state index in [2.05, 4.69) is 12.2 Å². The number of methoxy groups -OCH3 is 1. The molecule has 1 aromatic carbocycles. The van der Waals surface area contributed by atoms with Crippen molar-refractivity contribution in [2.75, 3.05) is 20.2 Å². The molecule has 0 radical (unpaired) electrons. The Bertz CT molecular complexity index is 836. The van der Waals surface area contributed by atoms with Crippen LogP contribution >= 0.6 is 0 Å². The van der Waals surface area contributed by atoms with Crippen molar-refractivity contribution in [3.05, 3.63) is 54.0 Å². The van der Waals surface area contributed by atoms with Crippen molar-refractivity contribution in [3.8, 4) is 5.75 Å². The van der Waals surface area contributed by atoms with Gasteiger partial charge in [0, 0.05) is 18.5 Å². The zero-order chi connectivity index (χ0) is 21.5. The first-order valence-corrected chi connectivity index (χ1v) is 10.5. The summed E-state index contributed by atoms with van der Waals surface area (Å²) in [5.74, 6) is 0.497. The molecule has 2 heterocycles. The average molecular weight is 415 g/mol. The maximum atomic E-state index is 13.1. The van der Waals surface area contributed by atoms with Crippen molar-refractivity contribution in [3.63, 3.8) is 0 Å². The van der Waals surface area contributed by atoms with E-state index < -0.39 is 18.1 Å². The number of nitrogens with one attached hydrogen (secondary N) is 1. The highest BCUT2D eigenvalue weighted by Crippen LogP contribution is 2.40. The van der Waals surface area contributed by atoms with Crippen LogP contribution in [-0.2, 0) is 9.59 Å². The number of likely N-dealkylation sites (tertiary alicyclic amines) is 1. The molecule has 1 fully saturated rings. The largest absolute Gasteiger partial charge is 0.496 e. The lowest BCUT2D eigenvalue weighted by molar-refractivity contribution is -0.143. The number of para-hydroxylation sites is 1. The van der Waals surface area contributed by atoms with Gasteiger partial charge in [0.25, 0.3) is 0 Å². The molecule has 1 aliphatic rings. The molecule has 7 nitrogen and oxygen atoms in total. The summed E-state index contributed by atoms with van der Waals surface area (Å²) in [6.07, 6.45) is 3.16. The van der Waals surface area contributed by atoms with E-state index in [1.807, 2.05) is 29.2 Å². The minimum atomic E-state index is -0.921. The molecule has 1 aliphatic heterocycles. The second-order valence-electron chi connectivity index (χ2n) is 7.55. The number of unbranched alkanes of at least 4 members (excludes halogenated alkanes) is 1. The molecule has 162 valence electrons. The first kappa shape index (κ1) is 21.9. The van der Waals surface area contributed by atoms with Crippen LogP contribution in [0.1, 0.15) is 56.1 Å². The number of ether oxygens (including phenoxy) is 1. The van der Waals surface area contributed by atoms with Crippen LogP contribution in [0.25, 0.3) is 0 Å². The van der Waals surface area contributed by atoms with Gasteiger partial charge in [0.15, 0.2) is 0 Å². The molecule has 1 aromatic heterocycles. The van der Waals surface area contributed by atoms with E-state index in [1.54, 1.807) is 19.2 Å². The fourth-order valence-electron chi connectivity index (χ4n) is 4.02. The minimum absolute atomic E-state index is 0.0460. The van der Waals surface area contributed by atoms with E-state index in [0.717, 1.165) is 18.4 Å². The smallest absolute Gasteiger partial charge is 0.225 e. The van der Waals surface area contributed by atoms with Crippen molar-refractivity contribution >= 4 is 11.8 Å². The number of aliphatic hydroxyl groups excluding tert-OH is 1. The van der Waals surface area contributed by atoms with Gasteiger partial charge in [0.2, 0.25) is 11.8 Å². The summed E-state index contributed by atoms with van der Waals surface area (Å²) < 4.78 is 10.7. The lowest BCUT2D eigenvalue weighted by Gasteiger charge is -2.41. The highest BCUT2D eigenvalue weighted by atomic mass is 16.5. The Hall–Kier alpha value is -2.80. The second kappa shape index (κ2) is 10.3. The maximum Gasteiger partial charge on any atom is 0.225 e.